The average molecular weight is 201 g/mol. The van der Waals surface area contributed by atoms with E-state index in [1.54, 1.807) is 6.92 Å². The zero-order chi connectivity index (χ0) is 9.68. The Morgan fingerprint density at radius 3 is 3.08 bits per heavy atom. The molecule has 0 spiro atoms. The standard InChI is InChI=1S/C8H11NO3S/c1-3-11-7(10)6-5-12-8(9-6)13-4-2/h5H,3-4H2,1-2H3. The Morgan fingerprint density at radius 2 is 2.46 bits per heavy atom. The largest absolute Gasteiger partial charge is 0.461 e. The van der Waals surface area contributed by atoms with E-state index in [9.17, 15) is 4.79 Å². The van der Waals surface area contributed by atoms with Crippen LogP contribution in [-0.4, -0.2) is 23.3 Å². The van der Waals surface area contributed by atoms with E-state index in [1.165, 1.54) is 18.0 Å². The van der Waals surface area contributed by atoms with E-state index in [-0.39, 0.29) is 5.69 Å². The fourth-order valence-electron chi connectivity index (χ4n) is 0.746. The van der Waals surface area contributed by atoms with Crippen molar-refractivity contribution >= 4 is 17.7 Å². The van der Waals surface area contributed by atoms with Gasteiger partial charge in [-0.1, -0.05) is 18.7 Å². The van der Waals surface area contributed by atoms with Crippen LogP contribution in [0.3, 0.4) is 0 Å². The van der Waals surface area contributed by atoms with Gasteiger partial charge in [-0.15, -0.1) is 0 Å². The molecule has 0 N–H and O–H groups in total. The molecular formula is C8H11NO3S. The van der Waals surface area contributed by atoms with Gasteiger partial charge in [0.05, 0.1) is 6.61 Å². The Hall–Kier alpha value is -0.970. The third-order valence-corrected chi connectivity index (χ3v) is 1.96. The highest BCUT2D eigenvalue weighted by Gasteiger charge is 2.12. The molecule has 0 aromatic carbocycles. The number of rotatable bonds is 4. The highest BCUT2D eigenvalue weighted by Crippen LogP contribution is 2.16. The Bertz CT molecular complexity index is 285. The summed E-state index contributed by atoms with van der Waals surface area (Å²) in [6.45, 7) is 4.08. The predicted molar refractivity (Wildman–Crippen MR) is 48.9 cm³/mol. The minimum Gasteiger partial charge on any atom is -0.461 e. The van der Waals surface area contributed by atoms with Crippen molar-refractivity contribution in [2.75, 3.05) is 12.4 Å². The lowest BCUT2D eigenvalue weighted by molar-refractivity contribution is 0.0519. The van der Waals surface area contributed by atoms with Crippen molar-refractivity contribution in [2.45, 2.75) is 19.1 Å². The number of thioether (sulfide) groups is 1. The van der Waals surface area contributed by atoms with Crippen molar-refractivity contribution in [1.29, 1.82) is 0 Å². The normalized spacial score (nSPS) is 10.0. The molecule has 1 aromatic rings. The van der Waals surface area contributed by atoms with E-state index in [0.717, 1.165) is 5.75 Å². The molecule has 0 radical (unpaired) electrons. The number of ether oxygens (including phenoxy) is 1. The first-order valence-electron chi connectivity index (χ1n) is 4.03. The minimum atomic E-state index is -0.436. The highest BCUT2D eigenvalue weighted by molar-refractivity contribution is 7.99. The fraction of sp³-hybridized carbons (Fsp3) is 0.500. The van der Waals surface area contributed by atoms with Gasteiger partial charge in [0.25, 0.3) is 5.22 Å². The monoisotopic (exact) mass is 201 g/mol. The molecular weight excluding hydrogens is 190 g/mol. The van der Waals surface area contributed by atoms with Crippen LogP contribution >= 0.6 is 11.8 Å². The molecule has 4 nitrogen and oxygen atoms in total. The molecule has 0 aliphatic carbocycles. The number of aromatic nitrogens is 1. The minimum absolute atomic E-state index is 0.234. The highest BCUT2D eigenvalue weighted by atomic mass is 32.2. The van der Waals surface area contributed by atoms with Crippen molar-refractivity contribution in [3.05, 3.63) is 12.0 Å². The van der Waals surface area contributed by atoms with Crippen molar-refractivity contribution in [3.63, 3.8) is 0 Å². The topological polar surface area (TPSA) is 52.3 Å². The molecule has 0 fully saturated rings. The lowest BCUT2D eigenvalue weighted by Crippen LogP contribution is -2.04. The Labute approximate surface area is 80.7 Å². The van der Waals surface area contributed by atoms with Crippen LogP contribution in [0.5, 0.6) is 0 Å². The molecule has 0 amide bonds. The number of carbonyl (C=O) groups is 1. The molecule has 1 rings (SSSR count). The molecule has 0 aliphatic rings. The van der Waals surface area contributed by atoms with Gasteiger partial charge in [0.1, 0.15) is 6.26 Å². The number of carbonyl (C=O) groups excluding carboxylic acids is 1. The van der Waals surface area contributed by atoms with Gasteiger partial charge >= 0.3 is 5.97 Å². The number of esters is 1. The zero-order valence-electron chi connectivity index (χ0n) is 7.57. The maximum atomic E-state index is 11.1. The van der Waals surface area contributed by atoms with E-state index in [0.29, 0.717) is 11.8 Å². The van der Waals surface area contributed by atoms with E-state index in [2.05, 4.69) is 4.98 Å². The molecule has 0 bridgehead atoms. The third-order valence-electron chi connectivity index (χ3n) is 1.24. The van der Waals surface area contributed by atoms with E-state index >= 15 is 0 Å². The van der Waals surface area contributed by atoms with Gasteiger partial charge < -0.3 is 9.15 Å². The van der Waals surface area contributed by atoms with Crippen molar-refractivity contribution < 1.29 is 13.9 Å². The third kappa shape index (κ3) is 2.77. The smallest absolute Gasteiger partial charge is 0.360 e. The Morgan fingerprint density at radius 1 is 1.69 bits per heavy atom. The van der Waals surface area contributed by atoms with Crippen LogP contribution in [0, 0.1) is 0 Å². The summed E-state index contributed by atoms with van der Waals surface area (Å²) in [4.78, 5) is 15.0. The number of oxazole rings is 1. The van der Waals surface area contributed by atoms with E-state index < -0.39 is 5.97 Å². The lowest BCUT2D eigenvalue weighted by Gasteiger charge is -1.94. The molecule has 5 heteroatoms. The van der Waals surface area contributed by atoms with Crippen LogP contribution < -0.4 is 0 Å². The van der Waals surface area contributed by atoms with Gasteiger partial charge in [-0.3, -0.25) is 0 Å². The zero-order valence-corrected chi connectivity index (χ0v) is 8.39. The maximum Gasteiger partial charge on any atom is 0.360 e. The summed E-state index contributed by atoms with van der Waals surface area (Å²) in [6, 6.07) is 0. The second-order valence-corrected chi connectivity index (χ2v) is 3.37. The summed E-state index contributed by atoms with van der Waals surface area (Å²) in [5.41, 5.74) is 0.234. The van der Waals surface area contributed by atoms with Gasteiger partial charge in [0, 0.05) is 0 Å². The molecule has 72 valence electrons. The first kappa shape index (κ1) is 10.1. The lowest BCUT2D eigenvalue weighted by atomic mass is 10.5. The molecule has 0 saturated heterocycles. The molecule has 0 atom stereocenters. The molecule has 13 heavy (non-hydrogen) atoms. The summed E-state index contributed by atoms with van der Waals surface area (Å²) < 4.78 is 9.77. The fourth-order valence-corrected chi connectivity index (χ4v) is 1.27. The van der Waals surface area contributed by atoms with Crippen LogP contribution in [0.4, 0.5) is 0 Å². The first-order valence-corrected chi connectivity index (χ1v) is 5.02. The first-order chi connectivity index (χ1) is 6.27. The molecule has 1 heterocycles. The molecule has 0 saturated carbocycles. The quantitative estimate of drug-likeness (QED) is 0.550. The van der Waals surface area contributed by atoms with E-state index in [4.69, 9.17) is 9.15 Å². The van der Waals surface area contributed by atoms with Gasteiger partial charge in [0.2, 0.25) is 0 Å². The van der Waals surface area contributed by atoms with Crippen LogP contribution in [-0.2, 0) is 4.74 Å². The molecule has 1 aromatic heterocycles. The van der Waals surface area contributed by atoms with Gasteiger partial charge in [0.15, 0.2) is 5.69 Å². The summed E-state index contributed by atoms with van der Waals surface area (Å²) in [6.07, 6.45) is 1.32. The summed E-state index contributed by atoms with van der Waals surface area (Å²) in [7, 11) is 0. The number of hydrogen-bond acceptors (Lipinski definition) is 5. The number of hydrogen-bond donors (Lipinski definition) is 0. The van der Waals surface area contributed by atoms with Crippen molar-refractivity contribution in [3.8, 4) is 0 Å². The van der Waals surface area contributed by atoms with Gasteiger partial charge in [-0.25, -0.2) is 4.79 Å². The summed E-state index contributed by atoms with van der Waals surface area (Å²) in [5, 5.41) is 0.505. The molecule has 0 aliphatic heterocycles. The van der Waals surface area contributed by atoms with Crippen LogP contribution in [0.2, 0.25) is 0 Å². The number of nitrogens with zero attached hydrogens (tertiary/aromatic N) is 1. The average Bonchev–Trinajstić information content (AvgIpc) is 2.54. The van der Waals surface area contributed by atoms with Crippen LogP contribution in [0.25, 0.3) is 0 Å². The van der Waals surface area contributed by atoms with E-state index in [1.807, 2.05) is 6.92 Å². The Kier molecular flexibility index (Phi) is 3.82. The second-order valence-electron chi connectivity index (χ2n) is 2.15. The summed E-state index contributed by atoms with van der Waals surface area (Å²) in [5.74, 6) is 0.428. The maximum absolute atomic E-state index is 11.1. The van der Waals surface area contributed by atoms with Crippen LogP contribution in [0.15, 0.2) is 15.9 Å². The van der Waals surface area contributed by atoms with Crippen molar-refractivity contribution in [1.82, 2.24) is 4.98 Å². The van der Waals surface area contributed by atoms with Gasteiger partial charge in [-0.05, 0) is 12.7 Å². The summed E-state index contributed by atoms with van der Waals surface area (Å²) >= 11 is 1.45. The van der Waals surface area contributed by atoms with Crippen molar-refractivity contribution in [2.24, 2.45) is 0 Å². The van der Waals surface area contributed by atoms with Gasteiger partial charge in [-0.2, -0.15) is 4.98 Å². The Balaban J connectivity index is 2.62. The predicted octanol–water partition coefficient (Wildman–Crippen LogP) is 1.96. The second kappa shape index (κ2) is 4.91. The van der Waals surface area contributed by atoms with Crippen LogP contribution in [0.1, 0.15) is 24.3 Å². The SMILES string of the molecule is CCOC(=O)c1coc(SCC)n1. The molecule has 0 unspecified atom stereocenters.